The molecule has 5 nitrogen and oxygen atoms in total. The molecule has 0 amide bonds. The summed E-state index contributed by atoms with van der Waals surface area (Å²) in [5.41, 5.74) is 0.870. The second-order valence-corrected chi connectivity index (χ2v) is 4.51. The molecule has 1 aliphatic rings. The van der Waals surface area contributed by atoms with E-state index in [0.29, 0.717) is 13.0 Å². The van der Waals surface area contributed by atoms with Gasteiger partial charge in [0.05, 0.1) is 19.8 Å². The molecule has 1 saturated heterocycles. The third kappa shape index (κ3) is 4.92. The van der Waals surface area contributed by atoms with Crippen LogP contribution in [0.3, 0.4) is 0 Å². The van der Waals surface area contributed by atoms with Crippen molar-refractivity contribution in [2.75, 3.05) is 19.8 Å². The van der Waals surface area contributed by atoms with Crippen molar-refractivity contribution < 1.29 is 14.2 Å². The van der Waals surface area contributed by atoms with Crippen molar-refractivity contribution >= 4 is 6.08 Å². The van der Waals surface area contributed by atoms with Crippen LogP contribution < -0.4 is 4.74 Å². The fourth-order valence-electron chi connectivity index (χ4n) is 1.89. The molecule has 1 aliphatic heterocycles. The minimum atomic E-state index is -0.172. The highest BCUT2D eigenvalue weighted by Gasteiger charge is 2.13. The lowest BCUT2D eigenvalue weighted by atomic mass is 10.1. The first-order valence-electron chi connectivity index (χ1n) is 6.80. The summed E-state index contributed by atoms with van der Waals surface area (Å²) in [7, 11) is 0. The smallest absolute Gasteiger partial charge is 0.160 e. The van der Waals surface area contributed by atoms with Gasteiger partial charge in [-0.3, -0.25) is 0 Å². The van der Waals surface area contributed by atoms with Crippen molar-refractivity contribution in [2.45, 2.75) is 19.1 Å². The Morgan fingerprint density at radius 3 is 2.48 bits per heavy atom. The van der Waals surface area contributed by atoms with Gasteiger partial charge in [-0.2, -0.15) is 10.5 Å². The van der Waals surface area contributed by atoms with Gasteiger partial charge >= 0.3 is 0 Å². The molecule has 0 radical (unpaired) electrons. The van der Waals surface area contributed by atoms with Crippen molar-refractivity contribution in [1.29, 1.82) is 10.5 Å². The normalized spacial score (nSPS) is 14.8. The number of hydrogen-bond acceptors (Lipinski definition) is 5. The van der Waals surface area contributed by atoms with Gasteiger partial charge in [-0.25, -0.2) is 0 Å². The molecule has 21 heavy (non-hydrogen) atoms. The van der Waals surface area contributed by atoms with E-state index in [0.717, 1.165) is 30.9 Å². The molecular weight excluding hydrogens is 268 g/mol. The Morgan fingerprint density at radius 1 is 1.19 bits per heavy atom. The largest absolute Gasteiger partial charge is 0.493 e. The first-order chi connectivity index (χ1) is 10.3. The predicted octanol–water partition coefficient (Wildman–Crippen LogP) is 2.65. The average molecular weight is 284 g/mol. The molecule has 0 unspecified atom stereocenters. The summed E-state index contributed by atoms with van der Waals surface area (Å²) in [6.45, 7) is 2.00. The van der Waals surface area contributed by atoms with Crippen molar-refractivity contribution in [3.63, 3.8) is 0 Å². The summed E-state index contributed by atoms with van der Waals surface area (Å²) in [5, 5.41) is 17.4. The van der Waals surface area contributed by atoms with E-state index in [1.54, 1.807) is 24.3 Å². The maximum atomic E-state index is 8.69. The maximum absolute atomic E-state index is 8.69. The summed E-state index contributed by atoms with van der Waals surface area (Å²) in [6, 6.07) is 10.9. The Kier molecular flexibility index (Phi) is 5.78. The van der Waals surface area contributed by atoms with E-state index in [9.17, 15) is 0 Å². The summed E-state index contributed by atoms with van der Waals surface area (Å²) in [5.74, 6) is 0.735. The highest BCUT2D eigenvalue weighted by Crippen LogP contribution is 2.16. The van der Waals surface area contributed by atoms with Crippen LogP contribution in [0.15, 0.2) is 29.8 Å². The molecule has 5 heteroatoms. The molecule has 1 heterocycles. The fraction of sp³-hybridized carbons (Fsp3) is 0.375. The zero-order valence-corrected chi connectivity index (χ0v) is 11.6. The van der Waals surface area contributed by atoms with Crippen LogP contribution in [0.5, 0.6) is 5.75 Å². The van der Waals surface area contributed by atoms with Gasteiger partial charge in [-0.1, -0.05) is 12.1 Å². The molecule has 108 valence electrons. The molecule has 0 saturated carbocycles. The summed E-state index contributed by atoms with van der Waals surface area (Å²) in [6.07, 6.45) is 3.00. The van der Waals surface area contributed by atoms with Crippen LogP contribution in [0, 0.1) is 22.7 Å². The lowest BCUT2D eigenvalue weighted by Gasteiger charge is -2.23. The first-order valence-corrected chi connectivity index (χ1v) is 6.80. The van der Waals surface area contributed by atoms with Gasteiger partial charge in [-0.05, 0) is 30.2 Å². The molecule has 0 aromatic heterocycles. The van der Waals surface area contributed by atoms with Crippen molar-refractivity contribution in [1.82, 2.24) is 0 Å². The topological polar surface area (TPSA) is 75.3 Å². The molecular formula is C16H16N2O3. The second-order valence-electron chi connectivity index (χ2n) is 4.51. The highest BCUT2D eigenvalue weighted by atomic mass is 16.7. The molecule has 1 fully saturated rings. The Hall–Kier alpha value is -2.34. The van der Waals surface area contributed by atoms with E-state index in [1.807, 2.05) is 12.1 Å². The van der Waals surface area contributed by atoms with Crippen LogP contribution >= 0.6 is 0 Å². The number of allylic oxidation sites excluding steroid dienone is 1. The van der Waals surface area contributed by atoms with Gasteiger partial charge in [-0.15, -0.1) is 0 Å². The molecule has 0 spiro atoms. The fourth-order valence-corrected chi connectivity index (χ4v) is 1.89. The van der Waals surface area contributed by atoms with E-state index in [1.165, 1.54) is 6.08 Å². The quantitative estimate of drug-likeness (QED) is 0.777. The zero-order chi connectivity index (χ0) is 14.9. The minimum Gasteiger partial charge on any atom is -0.493 e. The molecule has 0 aliphatic carbocycles. The number of benzene rings is 1. The molecule has 0 N–H and O–H groups in total. The molecule has 0 bridgehead atoms. The monoisotopic (exact) mass is 284 g/mol. The van der Waals surface area contributed by atoms with Crippen molar-refractivity contribution in [3.8, 4) is 17.9 Å². The molecule has 0 atom stereocenters. The van der Waals surface area contributed by atoms with Gasteiger partial charge in [0.15, 0.2) is 6.29 Å². The third-order valence-electron chi connectivity index (χ3n) is 2.95. The number of nitrogens with zero attached hydrogens (tertiary/aromatic N) is 2. The Labute approximate surface area is 124 Å². The van der Waals surface area contributed by atoms with E-state index >= 15 is 0 Å². The standard InChI is InChI=1S/C16H16N2O3/c17-11-14(12-18)10-13-2-4-15(5-3-13)19-9-6-16-20-7-1-8-21-16/h2-5,10,16H,1,6-9H2. The molecule has 1 aromatic rings. The molecule has 2 rings (SSSR count). The maximum Gasteiger partial charge on any atom is 0.160 e. The van der Waals surface area contributed by atoms with E-state index in [2.05, 4.69) is 0 Å². The Bertz CT molecular complexity index is 545. The summed E-state index contributed by atoms with van der Waals surface area (Å²) in [4.78, 5) is 0. The van der Waals surface area contributed by atoms with Gasteiger partial charge in [0.1, 0.15) is 23.5 Å². The summed E-state index contributed by atoms with van der Waals surface area (Å²) >= 11 is 0. The number of nitriles is 2. The van der Waals surface area contributed by atoms with Crippen molar-refractivity contribution in [3.05, 3.63) is 35.4 Å². The number of hydrogen-bond donors (Lipinski definition) is 0. The second kappa shape index (κ2) is 8.06. The zero-order valence-electron chi connectivity index (χ0n) is 11.6. The predicted molar refractivity (Wildman–Crippen MR) is 76.1 cm³/mol. The Morgan fingerprint density at radius 2 is 1.86 bits per heavy atom. The number of ether oxygens (including phenoxy) is 3. The van der Waals surface area contributed by atoms with Crippen LogP contribution in [0.1, 0.15) is 18.4 Å². The Balaban J connectivity index is 1.81. The molecule has 1 aromatic carbocycles. The van der Waals surface area contributed by atoms with E-state index < -0.39 is 0 Å². The van der Waals surface area contributed by atoms with Gasteiger partial charge < -0.3 is 14.2 Å². The van der Waals surface area contributed by atoms with Crippen LogP contribution in [-0.2, 0) is 9.47 Å². The van der Waals surface area contributed by atoms with Crippen LogP contribution in [0.4, 0.5) is 0 Å². The average Bonchev–Trinajstić information content (AvgIpc) is 2.55. The lowest BCUT2D eigenvalue weighted by molar-refractivity contribution is -0.183. The number of rotatable bonds is 5. The van der Waals surface area contributed by atoms with Crippen LogP contribution in [0.25, 0.3) is 6.08 Å². The minimum absolute atomic E-state index is 0.0789. The highest BCUT2D eigenvalue weighted by molar-refractivity contribution is 5.62. The van der Waals surface area contributed by atoms with Gasteiger partial charge in [0, 0.05) is 6.42 Å². The van der Waals surface area contributed by atoms with Crippen LogP contribution in [-0.4, -0.2) is 26.1 Å². The summed E-state index contributed by atoms with van der Waals surface area (Å²) < 4.78 is 16.5. The van der Waals surface area contributed by atoms with E-state index in [-0.39, 0.29) is 11.9 Å². The lowest BCUT2D eigenvalue weighted by Crippen LogP contribution is -2.26. The van der Waals surface area contributed by atoms with Crippen LogP contribution in [0.2, 0.25) is 0 Å². The van der Waals surface area contributed by atoms with Gasteiger partial charge in [0.2, 0.25) is 0 Å². The van der Waals surface area contributed by atoms with Crippen molar-refractivity contribution in [2.24, 2.45) is 0 Å². The third-order valence-corrected chi connectivity index (χ3v) is 2.95. The van der Waals surface area contributed by atoms with E-state index in [4.69, 9.17) is 24.7 Å². The first kappa shape index (κ1) is 15.1. The van der Waals surface area contributed by atoms with Gasteiger partial charge in [0.25, 0.3) is 0 Å². The SMILES string of the molecule is N#CC(C#N)=Cc1ccc(OCCC2OCCCO2)cc1.